The van der Waals surface area contributed by atoms with E-state index in [1.165, 1.54) is 30.5 Å². The van der Waals surface area contributed by atoms with Gasteiger partial charge in [-0.1, -0.05) is 23.3 Å². The fourth-order valence-corrected chi connectivity index (χ4v) is 2.54. The molecule has 0 amide bonds. The third-order valence-electron chi connectivity index (χ3n) is 3.22. The number of benzene rings is 1. The Balaban J connectivity index is 2.10. The maximum atomic E-state index is 13.2. The van der Waals surface area contributed by atoms with E-state index in [-0.39, 0.29) is 11.9 Å². The zero-order valence-corrected chi connectivity index (χ0v) is 10.5. The predicted octanol–water partition coefficient (Wildman–Crippen LogP) is 4.37. The smallest absolute Gasteiger partial charge is 0.123 e. The molecule has 0 saturated carbocycles. The van der Waals surface area contributed by atoms with E-state index in [2.05, 4.69) is 6.08 Å². The molecule has 0 bridgehead atoms. The molecule has 0 heterocycles. The standard InChI is InChI=1S/C14H17ClFN/c15-13-7-6-11(16)9-12(13)14(17)8-10-4-2-1-3-5-10/h4,6-7,9,14H,1-3,5,8,17H2. The summed E-state index contributed by atoms with van der Waals surface area (Å²) in [7, 11) is 0. The van der Waals surface area contributed by atoms with Crippen molar-refractivity contribution in [2.45, 2.75) is 38.1 Å². The Bertz CT molecular complexity index is 428. The summed E-state index contributed by atoms with van der Waals surface area (Å²) >= 11 is 6.04. The topological polar surface area (TPSA) is 26.0 Å². The molecule has 0 saturated heterocycles. The minimum atomic E-state index is -0.280. The number of allylic oxidation sites excluding steroid dienone is 1. The number of hydrogen-bond acceptors (Lipinski definition) is 1. The molecule has 0 spiro atoms. The van der Waals surface area contributed by atoms with E-state index < -0.39 is 0 Å². The summed E-state index contributed by atoms with van der Waals surface area (Å²) < 4.78 is 13.2. The van der Waals surface area contributed by atoms with Crippen LogP contribution in [-0.2, 0) is 0 Å². The minimum Gasteiger partial charge on any atom is -0.324 e. The Labute approximate surface area is 106 Å². The van der Waals surface area contributed by atoms with E-state index in [0.29, 0.717) is 10.6 Å². The van der Waals surface area contributed by atoms with Crippen LogP contribution in [0.2, 0.25) is 5.02 Å². The Morgan fingerprint density at radius 2 is 2.18 bits per heavy atom. The monoisotopic (exact) mass is 253 g/mol. The third-order valence-corrected chi connectivity index (χ3v) is 3.57. The van der Waals surface area contributed by atoms with Gasteiger partial charge in [0.1, 0.15) is 5.82 Å². The van der Waals surface area contributed by atoms with Crippen LogP contribution in [0.25, 0.3) is 0 Å². The van der Waals surface area contributed by atoms with Crippen molar-refractivity contribution in [3.8, 4) is 0 Å². The summed E-state index contributed by atoms with van der Waals surface area (Å²) in [6, 6.07) is 4.17. The van der Waals surface area contributed by atoms with Crippen molar-refractivity contribution >= 4 is 11.6 Å². The molecule has 1 aromatic rings. The molecule has 1 aromatic carbocycles. The number of halogens is 2. The van der Waals surface area contributed by atoms with Gasteiger partial charge >= 0.3 is 0 Å². The van der Waals surface area contributed by atoms with E-state index in [0.717, 1.165) is 19.3 Å². The largest absolute Gasteiger partial charge is 0.324 e. The van der Waals surface area contributed by atoms with Crippen LogP contribution >= 0.6 is 11.6 Å². The van der Waals surface area contributed by atoms with Gasteiger partial charge in [-0.15, -0.1) is 0 Å². The van der Waals surface area contributed by atoms with Crippen molar-refractivity contribution < 1.29 is 4.39 Å². The quantitative estimate of drug-likeness (QED) is 0.796. The Morgan fingerprint density at radius 3 is 2.88 bits per heavy atom. The van der Waals surface area contributed by atoms with Gasteiger partial charge in [-0.2, -0.15) is 0 Å². The lowest BCUT2D eigenvalue weighted by Gasteiger charge is -2.18. The molecule has 0 aliphatic heterocycles. The first kappa shape index (κ1) is 12.6. The molecule has 1 nitrogen and oxygen atoms in total. The van der Waals surface area contributed by atoms with Gasteiger partial charge in [-0.25, -0.2) is 4.39 Å². The molecule has 0 radical (unpaired) electrons. The molecule has 92 valence electrons. The Hall–Kier alpha value is -0.860. The van der Waals surface area contributed by atoms with Gasteiger partial charge in [-0.3, -0.25) is 0 Å². The van der Waals surface area contributed by atoms with Crippen LogP contribution in [0.3, 0.4) is 0 Å². The second-order valence-electron chi connectivity index (χ2n) is 4.58. The van der Waals surface area contributed by atoms with Crippen molar-refractivity contribution in [1.29, 1.82) is 0 Å². The molecule has 2 N–H and O–H groups in total. The summed E-state index contributed by atoms with van der Waals surface area (Å²) in [5, 5.41) is 0.551. The average Bonchev–Trinajstić information content (AvgIpc) is 2.33. The molecule has 1 aliphatic carbocycles. The lowest BCUT2D eigenvalue weighted by molar-refractivity contribution is 0.607. The number of nitrogens with two attached hydrogens (primary N) is 1. The van der Waals surface area contributed by atoms with Gasteiger partial charge in [0.15, 0.2) is 0 Å². The highest BCUT2D eigenvalue weighted by molar-refractivity contribution is 6.31. The van der Waals surface area contributed by atoms with Crippen LogP contribution in [0.1, 0.15) is 43.7 Å². The summed E-state index contributed by atoms with van der Waals surface area (Å²) in [4.78, 5) is 0. The fraction of sp³-hybridized carbons (Fsp3) is 0.429. The second kappa shape index (κ2) is 5.65. The van der Waals surface area contributed by atoms with Crippen molar-refractivity contribution in [3.05, 3.63) is 46.3 Å². The van der Waals surface area contributed by atoms with Gasteiger partial charge in [0.2, 0.25) is 0 Å². The van der Waals surface area contributed by atoms with Gasteiger partial charge in [-0.05, 0) is 55.9 Å². The molecular formula is C14H17ClFN. The highest BCUT2D eigenvalue weighted by atomic mass is 35.5. The first-order chi connectivity index (χ1) is 8.16. The maximum Gasteiger partial charge on any atom is 0.123 e. The van der Waals surface area contributed by atoms with Crippen LogP contribution in [-0.4, -0.2) is 0 Å². The zero-order chi connectivity index (χ0) is 12.3. The predicted molar refractivity (Wildman–Crippen MR) is 69.5 cm³/mol. The van der Waals surface area contributed by atoms with Gasteiger partial charge < -0.3 is 5.73 Å². The number of rotatable bonds is 3. The molecule has 1 aliphatic rings. The van der Waals surface area contributed by atoms with Crippen LogP contribution in [0.15, 0.2) is 29.8 Å². The Morgan fingerprint density at radius 1 is 1.35 bits per heavy atom. The van der Waals surface area contributed by atoms with Crippen LogP contribution in [0.5, 0.6) is 0 Å². The lowest BCUT2D eigenvalue weighted by atomic mass is 9.92. The maximum absolute atomic E-state index is 13.2. The van der Waals surface area contributed by atoms with Gasteiger partial charge in [0, 0.05) is 11.1 Å². The summed E-state index contributed by atoms with van der Waals surface area (Å²) in [6.07, 6.45) is 7.79. The normalized spacial score (nSPS) is 17.7. The third kappa shape index (κ3) is 3.30. The van der Waals surface area contributed by atoms with Crippen LogP contribution in [0, 0.1) is 5.82 Å². The molecule has 2 rings (SSSR count). The molecule has 1 atom stereocenters. The molecule has 0 fully saturated rings. The number of hydrogen-bond donors (Lipinski definition) is 1. The fourth-order valence-electron chi connectivity index (χ4n) is 2.28. The average molecular weight is 254 g/mol. The van der Waals surface area contributed by atoms with Gasteiger partial charge in [0.05, 0.1) is 0 Å². The van der Waals surface area contributed by atoms with Crippen LogP contribution in [0.4, 0.5) is 4.39 Å². The van der Waals surface area contributed by atoms with Crippen molar-refractivity contribution in [2.24, 2.45) is 5.73 Å². The highest BCUT2D eigenvalue weighted by Crippen LogP contribution is 2.30. The Kier molecular flexibility index (Phi) is 4.19. The van der Waals surface area contributed by atoms with E-state index in [1.807, 2.05) is 0 Å². The molecule has 3 heteroatoms. The molecular weight excluding hydrogens is 237 g/mol. The lowest BCUT2D eigenvalue weighted by Crippen LogP contribution is -2.13. The minimum absolute atomic E-state index is 0.206. The van der Waals surface area contributed by atoms with Crippen LogP contribution < -0.4 is 5.73 Å². The van der Waals surface area contributed by atoms with E-state index in [4.69, 9.17) is 17.3 Å². The zero-order valence-electron chi connectivity index (χ0n) is 9.76. The van der Waals surface area contributed by atoms with Crippen molar-refractivity contribution in [1.82, 2.24) is 0 Å². The van der Waals surface area contributed by atoms with E-state index in [9.17, 15) is 4.39 Å². The SMILES string of the molecule is NC(CC1=CCCCC1)c1cc(F)ccc1Cl. The summed E-state index contributed by atoms with van der Waals surface area (Å²) in [6.45, 7) is 0. The molecule has 1 unspecified atom stereocenters. The first-order valence-electron chi connectivity index (χ1n) is 6.05. The first-order valence-corrected chi connectivity index (χ1v) is 6.43. The highest BCUT2D eigenvalue weighted by Gasteiger charge is 2.14. The summed E-state index contributed by atoms with van der Waals surface area (Å²) in [5.41, 5.74) is 8.19. The van der Waals surface area contributed by atoms with Gasteiger partial charge in [0.25, 0.3) is 0 Å². The molecule has 17 heavy (non-hydrogen) atoms. The summed E-state index contributed by atoms with van der Waals surface area (Å²) in [5.74, 6) is -0.280. The van der Waals surface area contributed by atoms with E-state index in [1.54, 1.807) is 6.07 Å². The van der Waals surface area contributed by atoms with E-state index >= 15 is 0 Å². The van der Waals surface area contributed by atoms with Crippen molar-refractivity contribution in [2.75, 3.05) is 0 Å². The second-order valence-corrected chi connectivity index (χ2v) is 4.99. The van der Waals surface area contributed by atoms with Crippen molar-refractivity contribution in [3.63, 3.8) is 0 Å². The molecule has 0 aromatic heterocycles.